The van der Waals surface area contributed by atoms with Crippen LogP contribution in [0.5, 0.6) is 0 Å². The Bertz CT molecular complexity index is 993. The molecule has 0 amide bonds. The van der Waals surface area contributed by atoms with Crippen molar-refractivity contribution < 1.29 is 24.7 Å². The lowest BCUT2D eigenvalue weighted by Crippen LogP contribution is -2.37. The Morgan fingerprint density at radius 3 is 2.42 bits per heavy atom. The normalized spacial score (nSPS) is 12.0. The van der Waals surface area contributed by atoms with E-state index in [-0.39, 0.29) is 41.7 Å². The molecule has 0 aliphatic carbocycles. The molecule has 0 saturated heterocycles. The number of hydrogen-bond donors (Lipinski definition) is 5. The third-order valence-electron chi connectivity index (χ3n) is 3.59. The lowest BCUT2D eigenvalue weighted by Gasteiger charge is -2.14. The molecule has 0 unspecified atom stereocenters. The molecule has 0 fully saturated rings. The number of fused-ring (bicyclic) bond motifs is 1. The molecule has 0 radical (unpaired) electrons. The number of carbonyl (C=O) groups is 2. The summed E-state index contributed by atoms with van der Waals surface area (Å²) < 4.78 is 0. The van der Waals surface area contributed by atoms with E-state index in [4.69, 9.17) is 10.2 Å². The number of nitrogens with one attached hydrogen (secondary N) is 3. The molecular weight excluding hydrogens is 352 g/mol. The molecule has 1 atom stereocenters. The van der Waals surface area contributed by atoms with Gasteiger partial charge < -0.3 is 25.5 Å². The van der Waals surface area contributed by atoms with Gasteiger partial charge >= 0.3 is 23.1 Å². The Kier molecular flexibility index (Phi) is 5.47. The number of non-ortho nitro benzene ring substituents is 1. The average molecular weight is 366 g/mol. The first-order valence-electron chi connectivity index (χ1n) is 7.30. The molecule has 5 N–H and O–H groups in total. The van der Waals surface area contributed by atoms with E-state index in [1.807, 2.05) is 0 Å². The van der Waals surface area contributed by atoms with Crippen LogP contribution >= 0.6 is 0 Å². The summed E-state index contributed by atoms with van der Waals surface area (Å²) in [4.78, 5) is 59.6. The van der Waals surface area contributed by atoms with Crippen molar-refractivity contribution in [1.29, 1.82) is 0 Å². The van der Waals surface area contributed by atoms with Crippen LogP contribution in [0, 0.1) is 10.1 Å². The van der Waals surface area contributed by atoms with E-state index in [9.17, 15) is 29.3 Å². The standard InChI is InChI=1S/C14H14N4O8/c19-10(20)2-1-8(14(23)24)15-5-6-3-7(18(25)26)4-9-11(6)17-13(22)12(21)16-9/h3-4,8,15H,1-2,5H2,(H,16,21)(H,17,22)(H,19,20)(H,23,24)/t8-/m0/s1. The van der Waals surface area contributed by atoms with E-state index in [0.717, 1.165) is 12.1 Å². The fourth-order valence-corrected chi connectivity index (χ4v) is 2.34. The average Bonchev–Trinajstić information content (AvgIpc) is 2.55. The summed E-state index contributed by atoms with van der Waals surface area (Å²) >= 11 is 0. The summed E-state index contributed by atoms with van der Waals surface area (Å²) in [5, 5.41) is 31.4. The predicted octanol–water partition coefficient (Wildman–Crippen LogP) is -0.468. The van der Waals surface area contributed by atoms with Crippen molar-refractivity contribution in [1.82, 2.24) is 15.3 Å². The van der Waals surface area contributed by atoms with Gasteiger partial charge in [-0.3, -0.25) is 29.3 Å². The quantitative estimate of drug-likeness (QED) is 0.233. The van der Waals surface area contributed by atoms with E-state index >= 15 is 0 Å². The number of nitro groups is 1. The van der Waals surface area contributed by atoms with Crippen LogP contribution in [0.2, 0.25) is 0 Å². The number of aromatic amines is 2. The molecule has 138 valence electrons. The van der Waals surface area contributed by atoms with Gasteiger partial charge in [0.2, 0.25) is 0 Å². The maximum absolute atomic E-state index is 11.5. The topological polar surface area (TPSA) is 195 Å². The number of benzene rings is 1. The minimum absolute atomic E-state index is 0.0120. The smallest absolute Gasteiger partial charge is 0.320 e. The van der Waals surface area contributed by atoms with Gasteiger partial charge in [-0.25, -0.2) is 0 Å². The van der Waals surface area contributed by atoms with Crippen LogP contribution in [0.25, 0.3) is 11.0 Å². The van der Waals surface area contributed by atoms with Gasteiger partial charge in [0.15, 0.2) is 0 Å². The number of H-pyrrole nitrogens is 2. The zero-order chi connectivity index (χ0) is 19.4. The molecule has 26 heavy (non-hydrogen) atoms. The van der Waals surface area contributed by atoms with Crippen molar-refractivity contribution in [3.63, 3.8) is 0 Å². The second-order valence-electron chi connectivity index (χ2n) is 5.40. The third kappa shape index (κ3) is 4.30. The van der Waals surface area contributed by atoms with E-state index in [0.29, 0.717) is 0 Å². The van der Waals surface area contributed by atoms with Crippen LogP contribution in [-0.4, -0.2) is 43.1 Å². The molecule has 0 bridgehead atoms. The molecule has 2 aromatic rings. The van der Waals surface area contributed by atoms with Crippen molar-refractivity contribution in [3.8, 4) is 0 Å². The molecule has 1 heterocycles. The van der Waals surface area contributed by atoms with Crippen molar-refractivity contribution >= 4 is 28.7 Å². The highest BCUT2D eigenvalue weighted by atomic mass is 16.6. The Morgan fingerprint density at radius 2 is 1.85 bits per heavy atom. The number of hydrogen-bond acceptors (Lipinski definition) is 7. The van der Waals surface area contributed by atoms with Crippen molar-refractivity contribution in [2.75, 3.05) is 0 Å². The maximum Gasteiger partial charge on any atom is 0.320 e. The van der Waals surface area contributed by atoms with E-state index in [1.54, 1.807) is 0 Å². The van der Waals surface area contributed by atoms with E-state index in [2.05, 4.69) is 15.3 Å². The predicted molar refractivity (Wildman–Crippen MR) is 87.0 cm³/mol. The minimum Gasteiger partial charge on any atom is -0.481 e. The molecule has 0 aliphatic heterocycles. The van der Waals surface area contributed by atoms with Gasteiger partial charge in [0.05, 0.1) is 16.0 Å². The van der Waals surface area contributed by atoms with E-state index in [1.165, 1.54) is 0 Å². The summed E-state index contributed by atoms with van der Waals surface area (Å²) in [6.07, 6.45) is -0.589. The third-order valence-corrected chi connectivity index (χ3v) is 3.59. The summed E-state index contributed by atoms with van der Waals surface area (Å²) in [6, 6.07) is 0.976. The van der Waals surface area contributed by atoms with Crippen molar-refractivity contribution in [2.24, 2.45) is 0 Å². The summed E-state index contributed by atoms with van der Waals surface area (Å²) in [5.41, 5.74) is -2.03. The zero-order valence-corrected chi connectivity index (χ0v) is 13.1. The van der Waals surface area contributed by atoms with Gasteiger partial charge in [-0.15, -0.1) is 0 Å². The number of carboxylic acids is 2. The fraction of sp³-hybridized carbons (Fsp3) is 0.286. The van der Waals surface area contributed by atoms with Crippen LogP contribution in [0.1, 0.15) is 18.4 Å². The number of rotatable bonds is 8. The van der Waals surface area contributed by atoms with Crippen LogP contribution in [0.4, 0.5) is 5.69 Å². The number of carboxylic acid groups (broad SMARTS) is 2. The molecule has 1 aromatic heterocycles. The Morgan fingerprint density at radius 1 is 1.19 bits per heavy atom. The lowest BCUT2D eigenvalue weighted by atomic mass is 10.1. The van der Waals surface area contributed by atoms with Crippen molar-refractivity contribution in [2.45, 2.75) is 25.4 Å². The van der Waals surface area contributed by atoms with Crippen LogP contribution in [0.3, 0.4) is 0 Å². The minimum atomic E-state index is -1.29. The molecule has 12 heteroatoms. The Balaban J connectivity index is 2.40. The van der Waals surface area contributed by atoms with Gasteiger partial charge in [0.1, 0.15) is 6.04 Å². The second kappa shape index (κ2) is 7.57. The van der Waals surface area contributed by atoms with Crippen LogP contribution < -0.4 is 16.4 Å². The summed E-state index contributed by atoms with van der Waals surface area (Å²) in [6.45, 7) is -0.212. The fourth-order valence-electron chi connectivity index (χ4n) is 2.34. The molecular formula is C14H14N4O8. The number of aliphatic carboxylic acids is 2. The maximum atomic E-state index is 11.5. The largest absolute Gasteiger partial charge is 0.481 e. The molecule has 1 aromatic carbocycles. The summed E-state index contributed by atoms with van der Waals surface area (Å²) in [5.74, 6) is -2.45. The molecule has 0 aliphatic rings. The molecule has 0 spiro atoms. The highest BCUT2D eigenvalue weighted by Gasteiger charge is 2.20. The molecule has 0 saturated carbocycles. The summed E-state index contributed by atoms with van der Waals surface area (Å²) in [7, 11) is 0. The molecule has 2 rings (SSSR count). The van der Waals surface area contributed by atoms with E-state index < -0.39 is 34.0 Å². The number of aromatic nitrogens is 2. The van der Waals surface area contributed by atoms with Crippen molar-refractivity contribution in [3.05, 3.63) is 48.5 Å². The van der Waals surface area contributed by atoms with Crippen LogP contribution in [0.15, 0.2) is 21.7 Å². The number of nitrogens with zero attached hydrogens (tertiary/aromatic N) is 1. The first-order chi connectivity index (χ1) is 12.2. The van der Waals surface area contributed by atoms with Gasteiger partial charge in [0, 0.05) is 25.1 Å². The van der Waals surface area contributed by atoms with Gasteiger partial charge in [-0.05, 0) is 12.0 Å². The Labute approximate surface area is 143 Å². The first kappa shape index (κ1) is 18.8. The SMILES string of the molecule is O=C(O)CC[C@H](NCc1cc([N+](=O)[O-])cc2[nH]c(=O)c(=O)[nH]c12)C(=O)O. The molecule has 12 nitrogen and oxygen atoms in total. The number of nitro benzene ring substituents is 1. The highest BCUT2D eigenvalue weighted by Crippen LogP contribution is 2.21. The zero-order valence-electron chi connectivity index (χ0n) is 13.1. The first-order valence-corrected chi connectivity index (χ1v) is 7.30. The van der Waals surface area contributed by atoms with Gasteiger partial charge in [-0.1, -0.05) is 0 Å². The highest BCUT2D eigenvalue weighted by molar-refractivity contribution is 5.80. The van der Waals surface area contributed by atoms with Gasteiger partial charge in [-0.2, -0.15) is 0 Å². The Hall–Kier alpha value is -3.54. The monoisotopic (exact) mass is 366 g/mol. The lowest BCUT2D eigenvalue weighted by molar-refractivity contribution is -0.384. The second-order valence-corrected chi connectivity index (χ2v) is 5.40. The van der Waals surface area contributed by atoms with Crippen LogP contribution in [-0.2, 0) is 16.1 Å². The van der Waals surface area contributed by atoms with Gasteiger partial charge in [0.25, 0.3) is 5.69 Å².